The Morgan fingerprint density at radius 1 is 1.35 bits per heavy atom. The number of carbonyl (C=O) groups excluding carboxylic acids is 3. The summed E-state index contributed by atoms with van der Waals surface area (Å²) >= 11 is 10.0. The van der Waals surface area contributed by atoms with Gasteiger partial charge in [0.1, 0.15) is 11.6 Å². The highest BCUT2D eigenvalue weighted by molar-refractivity contribution is 9.09. The van der Waals surface area contributed by atoms with Crippen LogP contribution in [0.15, 0.2) is 18.2 Å². The molecule has 7 atom stereocenters. The first-order valence-electron chi connectivity index (χ1n) is 11.6. The molecule has 0 saturated carbocycles. The minimum absolute atomic E-state index is 0.174. The van der Waals surface area contributed by atoms with Crippen LogP contribution in [0.2, 0.25) is 5.02 Å². The van der Waals surface area contributed by atoms with Gasteiger partial charge in [0, 0.05) is 11.9 Å². The number of hydrogen-bond acceptors (Lipinski definition) is 5. The summed E-state index contributed by atoms with van der Waals surface area (Å²) in [5.74, 6) is -2.42. The molecule has 8 nitrogen and oxygen atoms in total. The van der Waals surface area contributed by atoms with Crippen LogP contribution in [0.1, 0.15) is 32.3 Å². The highest BCUT2D eigenvalue weighted by Gasteiger charge is 2.77. The number of benzene rings is 1. The van der Waals surface area contributed by atoms with Crippen LogP contribution in [0.25, 0.3) is 0 Å². The van der Waals surface area contributed by atoms with E-state index in [9.17, 15) is 19.5 Å². The molecule has 2 bridgehead atoms. The van der Waals surface area contributed by atoms with Gasteiger partial charge in [0.25, 0.3) is 0 Å². The summed E-state index contributed by atoms with van der Waals surface area (Å²) in [6, 6.07) is 3.71. The molecule has 3 aliphatic heterocycles. The normalized spacial score (nSPS) is 32.8. The molecule has 3 saturated heterocycles. The Balaban J connectivity index is 1.81. The number of fused-ring (bicyclic) bond motifs is 1. The summed E-state index contributed by atoms with van der Waals surface area (Å²) in [5, 5.41) is 16.2. The van der Waals surface area contributed by atoms with E-state index < -0.39 is 41.5 Å². The summed E-state index contributed by atoms with van der Waals surface area (Å²) in [7, 11) is 1.53. The largest absolute Gasteiger partial charge is 0.394 e. The number of rotatable bonds is 7. The van der Waals surface area contributed by atoms with Crippen LogP contribution in [0.4, 0.5) is 5.69 Å². The average Bonchev–Trinajstić information content (AvgIpc) is 3.37. The van der Waals surface area contributed by atoms with Crippen molar-refractivity contribution in [1.82, 2.24) is 10.2 Å². The van der Waals surface area contributed by atoms with Crippen LogP contribution < -0.4 is 10.6 Å². The van der Waals surface area contributed by atoms with Crippen molar-refractivity contribution in [3.63, 3.8) is 0 Å². The summed E-state index contributed by atoms with van der Waals surface area (Å²) in [6.45, 7) is 5.53. The van der Waals surface area contributed by atoms with Gasteiger partial charge < -0.3 is 25.4 Å². The number of hydrogen-bond donors (Lipinski definition) is 3. The van der Waals surface area contributed by atoms with Crippen LogP contribution in [-0.2, 0) is 19.1 Å². The first-order valence-corrected chi connectivity index (χ1v) is 12.9. The third-order valence-electron chi connectivity index (χ3n) is 7.34. The van der Waals surface area contributed by atoms with E-state index in [0.717, 1.165) is 5.56 Å². The SMILES string of the molecule is CNC(=O)[C@H]1[C@H]2C(=O)N([C@@H](CO)CC(C)C)C(C(=O)Nc3c(C)cccc3Cl)C23CC(Br)[C@@H]1O3. The van der Waals surface area contributed by atoms with Gasteiger partial charge in [-0.1, -0.05) is 53.5 Å². The Morgan fingerprint density at radius 3 is 2.65 bits per heavy atom. The molecule has 1 spiro atoms. The number of ether oxygens (including phenoxy) is 1. The fraction of sp³-hybridized carbons (Fsp3) is 0.625. The smallest absolute Gasteiger partial charge is 0.250 e. The average molecular weight is 557 g/mol. The van der Waals surface area contributed by atoms with Crippen LogP contribution in [-0.4, -0.2) is 70.0 Å². The number of amides is 3. The molecule has 3 fully saturated rings. The lowest BCUT2D eigenvalue weighted by Crippen LogP contribution is -2.57. The zero-order chi connectivity index (χ0) is 24.9. The van der Waals surface area contributed by atoms with Gasteiger partial charge >= 0.3 is 0 Å². The number of carbonyl (C=O) groups is 3. The molecule has 186 valence electrons. The second-order valence-electron chi connectivity index (χ2n) is 9.91. The van der Waals surface area contributed by atoms with Gasteiger partial charge in [0.2, 0.25) is 17.7 Å². The summed E-state index contributed by atoms with van der Waals surface area (Å²) in [6.07, 6.45) is 0.384. The predicted molar refractivity (Wildman–Crippen MR) is 132 cm³/mol. The molecular formula is C24H31BrClN3O5. The van der Waals surface area contributed by atoms with E-state index in [2.05, 4.69) is 26.6 Å². The van der Waals surface area contributed by atoms with Crippen molar-refractivity contribution in [1.29, 1.82) is 0 Å². The molecular weight excluding hydrogens is 526 g/mol. The number of aliphatic hydroxyl groups excluding tert-OH is 1. The maximum Gasteiger partial charge on any atom is 0.250 e. The lowest BCUT2D eigenvalue weighted by molar-refractivity contribution is -0.144. The van der Waals surface area contributed by atoms with Crippen LogP contribution in [0.3, 0.4) is 0 Å². The third kappa shape index (κ3) is 3.85. The molecule has 3 amide bonds. The van der Waals surface area contributed by atoms with Crippen molar-refractivity contribution in [2.75, 3.05) is 19.0 Å². The van der Waals surface area contributed by atoms with E-state index >= 15 is 0 Å². The first kappa shape index (κ1) is 25.4. The molecule has 3 aliphatic rings. The lowest BCUT2D eigenvalue weighted by Gasteiger charge is -2.37. The van der Waals surface area contributed by atoms with Crippen molar-refractivity contribution in [2.24, 2.45) is 17.8 Å². The Bertz CT molecular complexity index is 987. The predicted octanol–water partition coefficient (Wildman–Crippen LogP) is 2.49. The molecule has 0 aliphatic carbocycles. The molecule has 34 heavy (non-hydrogen) atoms. The van der Waals surface area contributed by atoms with Gasteiger partial charge in [-0.25, -0.2) is 0 Å². The Kier molecular flexibility index (Phi) is 7.03. The summed E-state index contributed by atoms with van der Waals surface area (Å²) < 4.78 is 6.42. The molecule has 3 heterocycles. The van der Waals surface area contributed by atoms with Crippen LogP contribution in [0.5, 0.6) is 0 Å². The Hall–Kier alpha value is -1.68. The topological polar surface area (TPSA) is 108 Å². The van der Waals surface area contributed by atoms with Gasteiger partial charge in [-0.15, -0.1) is 0 Å². The minimum Gasteiger partial charge on any atom is -0.394 e. The number of aryl methyl sites for hydroxylation is 1. The van der Waals surface area contributed by atoms with Gasteiger partial charge in [-0.05, 0) is 37.3 Å². The molecule has 1 aromatic carbocycles. The fourth-order valence-electron chi connectivity index (χ4n) is 6.03. The number of nitrogens with one attached hydrogen (secondary N) is 2. The lowest BCUT2D eigenvalue weighted by atomic mass is 9.70. The van der Waals surface area contributed by atoms with E-state index in [0.29, 0.717) is 23.6 Å². The third-order valence-corrected chi connectivity index (χ3v) is 8.50. The Morgan fingerprint density at radius 2 is 2.06 bits per heavy atom. The molecule has 1 aromatic rings. The van der Waals surface area contributed by atoms with E-state index in [1.165, 1.54) is 11.9 Å². The van der Waals surface area contributed by atoms with Crippen LogP contribution in [0, 0.1) is 24.7 Å². The minimum atomic E-state index is -1.18. The maximum absolute atomic E-state index is 13.9. The quantitative estimate of drug-likeness (QED) is 0.447. The number of anilines is 1. The van der Waals surface area contributed by atoms with Crippen molar-refractivity contribution in [3.8, 4) is 0 Å². The number of aliphatic hydroxyl groups is 1. The van der Waals surface area contributed by atoms with Crippen LogP contribution >= 0.6 is 27.5 Å². The van der Waals surface area contributed by atoms with Crippen molar-refractivity contribution in [3.05, 3.63) is 28.8 Å². The highest BCUT2D eigenvalue weighted by atomic mass is 79.9. The molecule has 0 aromatic heterocycles. The number of nitrogens with zero attached hydrogens (tertiary/aromatic N) is 1. The van der Waals surface area contributed by atoms with Gasteiger partial charge in [0.15, 0.2) is 0 Å². The van der Waals surface area contributed by atoms with Crippen molar-refractivity contribution < 1.29 is 24.2 Å². The maximum atomic E-state index is 13.9. The summed E-state index contributed by atoms with van der Waals surface area (Å²) in [5.41, 5.74) is 0.0676. The second-order valence-corrected chi connectivity index (χ2v) is 11.5. The van der Waals surface area contributed by atoms with E-state index in [4.69, 9.17) is 16.3 Å². The zero-order valence-corrected chi connectivity index (χ0v) is 22.0. The number of halogens is 2. The zero-order valence-electron chi connectivity index (χ0n) is 19.7. The molecule has 10 heteroatoms. The second kappa shape index (κ2) is 9.41. The number of para-hydroxylation sites is 1. The van der Waals surface area contributed by atoms with Crippen molar-refractivity contribution >= 4 is 50.9 Å². The molecule has 3 N–H and O–H groups in total. The monoisotopic (exact) mass is 555 g/mol. The molecule has 3 unspecified atom stereocenters. The van der Waals surface area contributed by atoms with E-state index in [-0.39, 0.29) is 29.2 Å². The molecule has 4 rings (SSSR count). The number of alkyl halides is 1. The standard InChI is InChI=1S/C24H31BrClN3O5/c1-11(2)8-13(10-30)29-20(22(32)28-18-12(3)6-5-7-15(18)26)24-9-14(25)19(34-24)16(21(31)27-4)17(24)23(29)33/h5-7,11,13-14,16-17,19-20,30H,8-10H2,1-4H3,(H,27,31)(H,28,32)/t13-,14?,16+,17+,19+,20?,24?/m1/s1. The van der Waals surface area contributed by atoms with Gasteiger partial charge in [0.05, 0.1) is 41.3 Å². The summed E-state index contributed by atoms with van der Waals surface area (Å²) in [4.78, 5) is 42.0. The molecule has 0 radical (unpaired) electrons. The fourth-order valence-corrected chi connectivity index (χ4v) is 7.24. The Labute approximate surface area is 212 Å². The highest BCUT2D eigenvalue weighted by Crippen LogP contribution is 2.60. The van der Waals surface area contributed by atoms with Gasteiger partial charge in [-0.2, -0.15) is 0 Å². The van der Waals surface area contributed by atoms with E-state index in [1.807, 2.05) is 26.8 Å². The van der Waals surface area contributed by atoms with Gasteiger partial charge in [-0.3, -0.25) is 14.4 Å². The number of likely N-dealkylation sites (tertiary alicyclic amines) is 1. The first-order chi connectivity index (χ1) is 16.1. The van der Waals surface area contributed by atoms with Crippen molar-refractivity contribution in [2.45, 2.75) is 62.2 Å². The van der Waals surface area contributed by atoms with E-state index in [1.54, 1.807) is 12.1 Å².